The highest BCUT2D eigenvalue weighted by Crippen LogP contribution is 2.27. The highest BCUT2D eigenvalue weighted by molar-refractivity contribution is 5.83. The standard InChI is InChI=1S/C13H25N3O/c1-10-8-14-12(9-15(2)3)13(17)16(10)11-6-4-5-7-11/h10-12,14H,4-9H2,1-3H3. The number of amides is 1. The van der Waals surface area contributed by atoms with Crippen LogP contribution in [0.2, 0.25) is 0 Å². The van der Waals surface area contributed by atoms with Crippen LogP contribution in [0.1, 0.15) is 32.6 Å². The molecule has 17 heavy (non-hydrogen) atoms. The fraction of sp³-hybridized carbons (Fsp3) is 0.923. The first-order valence-electron chi connectivity index (χ1n) is 6.80. The van der Waals surface area contributed by atoms with Crippen molar-refractivity contribution in [2.45, 2.75) is 50.7 Å². The van der Waals surface area contributed by atoms with Crippen molar-refractivity contribution in [3.63, 3.8) is 0 Å². The number of carbonyl (C=O) groups is 1. The second-order valence-electron chi connectivity index (χ2n) is 5.76. The quantitative estimate of drug-likeness (QED) is 0.786. The number of hydrogen-bond donors (Lipinski definition) is 1. The summed E-state index contributed by atoms with van der Waals surface area (Å²) in [5, 5.41) is 3.37. The fourth-order valence-electron chi connectivity index (χ4n) is 3.13. The zero-order valence-electron chi connectivity index (χ0n) is 11.3. The summed E-state index contributed by atoms with van der Waals surface area (Å²) < 4.78 is 0. The van der Waals surface area contributed by atoms with Gasteiger partial charge in [0, 0.05) is 25.2 Å². The number of nitrogens with zero attached hydrogens (tertiary/aromatic N) is 2. The van der Waals surface area contributed by atoms with E-state index in [2.05, 4.69) is 22.0 Å². The van der Waals surface area contributed by atoms with Crippen LogP contribution in [0.5, 0.6) is 0 Å². The minimum absolute atomic E-state index is 0.0122. The molecule has 4 nitrogen and oxygen atoms in total. The highest BCUT2D eigenvalue weighted by Gasteiger charge is 2.37. The van der Waals surface area contributed by atoms with Crippen molar-refractivity contribution in [1.29, 1.82) is 0 Å². The predicted molar refractivity (Wildman–Crippen MR) is 68.9 cm³/mol. The number of carbonyl (C=O) groups excluding carboxylic acids is 1. The maximum Gasteiger partial charge on any atom is 0.241 e. The third-order valence-corrected chi connectivity index (χ3v) is 3.95. The summed E-state index contributed by atoms with van der Waals surface area (Å²) in [5.74, 6) is 0.310. The van der Waals surface area contributed by atoms with Crippen molar-refractivity contribution in [1.82, 2.24) is 15.1 Å². The van der Waals surface area contributed by atoms with Crippen molar-refractivity contribution >= 4 is 5.91 Å². The molecule has 1 amide bonds. The molecule has 2 atom stereocenters. The molecule has 1 N–H and O–H groups in total. The fourth-order valence-corrected chi connectivity index (χ4v) is 3.13. The van der Waals surface area contributed by atoms with Gasteiger partial charge in [0.15, 0.2) is 0 Å². The van der Waals surface area contributed by atoms with Crippen LogP contribution in [0.15, 0.2) is 0 Å². The van der Waals surface area contributed by atoms with Crippen LogP contribution >= 0.6 is 0 Å². The Morgan fingerprint density at radius 2 is 2.00 bits per heavy atom. The molecule has 0 aromatic heterocycles. The first-order valence-corrected chi connectivity index (χ1v) is 6.80. The Kier molecular flexibility index (Phi) is 4.05. The molecule has 4 heteroatoms. The molecule has 1 heterocycles. The van der Waals surface area contributed by atoms with Crippen LogP contribution in [-0.4, -0.2) is 61.0 Å². The first kappa shape index (κ1) is 12.8. The summed E-state index contributed by atoms with van der Waals surface area (Å²) >= 11 is 0. The molecule has 1 saturated heterocycles. The Labute approximate surface area is 104 Å². The van der Waals surface area contributed by atoms with E-state index in [1.807, 2.05) is 14.1 Å². The van der Waals surface area contributed by atoms with E-state index in [1.54, 1.807) is 0 Å². The second-order valence-corrected chi connectivity index (χ2v) is 5.76. The molecule has 1 aliphatic heterocycles. The van der Waals surface area contributed by atoms with Gasteiger partial charge in [0.25, 0.3) is 0 Å². The average Bonchev–Trinajstić information content (AvgIpc) is 2.75. The normalized spacial score (nSPS) is 31.5. The number of hydrogen-bond acceptors (Lipinski definition) is 3. The number of rotatable bonds is 3. The average molecular weight is 239 g/mol. The number of piperazine rings is 1. The molecule has 0 radical (unpaired) electrons. The van der Waals surface area contributed by atoms with Crippen LogP contribution in [0.4, 0.5) is 0 Å². The van der Waals surface area contributed by atoms with E-state index in [0.717, 1.165) is 13.1 Å². The summed E-state index contributed by atoms with van der Waals surface area (Å²) in [4.78, 5) is 16.7. The molecular formula is C13H25N3O. The van der Waals surface area contributed by atoms with Gasteiger partial charge < -0.3 is 15.1 Å². The molecular weight excluding hydrogens is 214 g/mol. The lowest BCUT2D eigenvalue weighted by molar-refractivity contribution is -0.141. The Hall–Kier alpha value is -0.610. The van der Waals surface area contributed by atoms with Crippen LogP contribution in [0, 0.1) is 0 Å². The topological polar surface area (TPSA) is 35.6 Å². The molecule has 2 fully saturated rings. The molecule has 2 aliphatic rings. The summed E-state index contributed by atoms with van der Waals surface area (Å²) in [7, 11) is 4.04. The molecule has 0 bridgehead atoms. The minimum Gasteiger partial charge on any atom is -0.334 e. The highest BCUT2D eigenvalue weighted by atomic mass is 16.2. The Balaban J connectivity index is 2.04. The summed E-state index contributed by atoms with van der Waals surface area (Å²) in [5.41, 5.74) is 0. The zero-order chi connectivity index (χ0) is 12.4. The van der Waals surface area contributed by atoms with Gasteiger partial charge in [0.05, 0.1) is 6.04 Å². The predicted octanol–water partition coefficient (Wildman–Crippen LogP) is 0.679. The van der Waals surface area contributed by atoms with E-state index in [4.69, 9.17) is 0 Å². The van der Waals surface area contributed by atoms with Gasteiger partial charge in [0.1, 0.15) is 0 Å². The molecule has 1 aliphatic carbocycles. The van der Waals surface area contributed by atoms with Crippen molar-refractivity contribution < 1.29 is 4.79 Å². The van der Waals surface area contributed by atoms with Crippen LogP contribution in [-0.2, 0) is 4.79 Å². The monoisotopic (exact) mass is 239 g/mol. The molecule has 2 rings (SSSR count). The molecule has 0 aromatic carbocycles. The van der Waals surface area contributed by atoms with Crippen molar-refractivity contribution in [2.75, 3.05) is 27.2 Å². The summed E-state index contributed by atoms with van der Waals surface area (Å²) in [6.07, 6.45) is 4.97. The number of likely N-dealkylation sites (N-methyl/N-ethyl adjacent to an activating group) is 1. The maximum absolute atomic E-state index is 12.5. The van der Waals surface area contributed by atoms with Gasteiger partial charge in [-0.2, -0.15) is 0 Å². The van der Waals surface area contributed by atoms with Crippen molar-refractivity contribution in [2.24, 2.45) is 0 Å². The smallest absolute Gasteiger partial charge is 0.241 e. The molecule has 98 valence electrons. The Morgan fingerprint density at radius 1 is 1.35 bits per heavy atom. The van der Waals surface area contributed by atoms with Crippen LogP contribution in [0.3, 0.4) is 0 Å². The summed E-state index contributed by atoms with van der Waals surface area (Å²) in [6.45, 7) is 3.89. The van der Waals surface area contributed by atoms with Gasteiger partial charge in [0.2, 0.25) is 5.91 Å². The maximum atomic E-state index is 12.5. The van der Waals surface area contributed by atoms with Crippen molar-refractivity contribution in [3.05, 3.63) is 0 Å². The van der Waals surface area contributed by atoms with E-state index in [-0.39, 0.29) is 6.04 Å². The second kappa shape index (κ2) is 5.36. The van der Waals surface area contributed by atoms with Gasteiger partial charge in [-0.3, -0.25) is 4.79 Å². The van der Waals surface area contributed by atoms with Gasteiger partial charge >= 0.3 is 0 Å². The third-order valence-electron chi connectivity index (χ3n) is 3.95. The molecule has 2 unspecified atom stereocenters. The van der Waals surface area contributed by atoms with Gasteiger partial charge in [-0.1, -0.05) is 12.8 Å². The lowest BCUT2D eigenvalue weighted by Crippen LogP contribution is -2.63. The largest absolute Gasteiger partial charge is 0.334 e. The SMILES string of the molecule is CC1CNC(CN(C)C)C(=O)N1C1CCCC1. The van der Waals surface area contributed by atoms with Crippen LogP contribution in [0.25, 0.3) is 0 Å². The van der Waals surface area contributed by atoms with Gasteiger partial charge in [-0.05, 0) is 33.9 Å². The molecule has 0 spiro atoms. The zero-order valence-corrected chi connectivity index (χ0v) is 11.3. The molecule has 0 aromatic rings. The Morgan fingerprint density at radius 3 is 2.59 bits per heavy atom. The number of nitrogens with one attached hydrogen (secondary N) is 1. The van der Waals surface area contributed by atoms with Gasteiger partial charge in [-0.15, -0.1) is 0 Å². The van der Waals surface area contributed by atoms with E-state index in [9.17, 15) is 4.79 Å². The minimum atomic E-state index is -0.0122. The lowest BCUT2D eigenvalue weighted by Gasteiger charge is -2.42. The molecule has 1 saturated carbocycles. The third kappa shape index (κ3) is 2.80. The summed E-state index contributed by atoms with van der Waals surface area (Å²) in [6, 6.07) is 0.843. The van der Waals surface area contributed by atoms with Gasteiger partial charge in [-0.25, -0.2) is 0 Å². The van der Waals surface area contributed by atoms with E-state index in [0.29, 0.717) is 18.0 Å². The van der Waals surface area contributed by atoms with E-state index >= 15 is 0 Å². The van der Waals surface area contributed by atoms with E-state index < -0.39 is 0 Å². The van der Waals surface area contributed by atoms with Crippen molar-refractivity contribution in [3.8, 4) is 0 Å². The van der Waals surface area contributed by atoms with E-state index in [1.165, 1.54) is 25.7 Å². The first-order chi connectivity index (χ1) is 8.09. The lowest BCUT2D eigenvalue weighted by atomic mass is 10.0. The Bertz CT molecular complexity index is 274. The van der Waals surface area contributed by atoms with Crippen LogP contribution < -0.4 is 5.32 Å².